The average molecular weight is 284 g/mol. The van der Waals surface area contributed by atoms with Crippen LogP contribution in [0.5, 0.6) is 0 Å². The summed E-state index contributed by atoms with van der Waals surface area (Å²) >= 11 is 0. The second kappa shape index (κ2) is 5.99. The van der Waals surface area contributed by atoms with E-state index in [9.17, 15) is 4.79 Å². The Hall–Kier alpha value is -2.30. The molecule has 1 aromatic heterocycles. The Labute approximate surface area is 124 Å². The van der Waals surface area contributed by atoms with E-state index < -0.39 is 0 Å². The van der Waals surface area contributed by atoms with Gasteiger partial charge in [-0.05, 0) is 43.5 Å². The van der Waals surface area contributed by atoms with Gasteiger partial charge in [0, 0.05) is 24.6 Å². The van der Waals surface area contributed by atoms with Crippen LogP contribution in [-0.2, 0) is 6.54 Å². The molecule has 1 aromatic carbocycles. The Balaban J connectivity index is 1.65. The number of benzene rings is 1. The summed E-state index contributed by atoms with van der Waals surface area (Å²) < 4.78 is 1.89. The predicted octanol–water partition coefficient (Wildman–Crippen LogP) is 2.89. The first-order chi connectivity index (χ1) is 10.2. The maximum absolute atomic E-state index is 12.5. The Morgan fingerprint density at radius 3 is 3.10 bits per heavy atom. The quantitative estimate of drug-likeness (QED) is 0.942. The van der Waals surface area contributed by atoms with Crippen LogP contribution in [0.2, 0.25) is 0 Å². The van der Waals surface area contributed by atoms with Gasteiger partial charge in [0.1, 0.15) is 0 Å². The molecule has 2 amide bonds. The third kappa shape index (κ3) is 3.24. The molecular weight excluding hydrogens is 264 g/mol. The number of anilines is 1. The van der Waals surface area contributed by atoms with Gasteiger partial charge in [-0.1, -0.05) is 12.1 Å². The van der Waals surface area contributed by atoms with Crippen molar-refractivity contribution in [2.75, 3.05) is 11.9 Å². The summed E-state index contributed by atoms with van der Waals surface area (Å²) in [6.07, 6.45) is 5.79. The van der Waals surface area contributed by atoms with Crippen LogP contribution >= 0.6 is 0 Å². The largest absolute Gasteiger partial charge is 0.322 e. The molecule has 2 aromatic rings. The number of rotatable bonds is 3. The second-order valence-corrected chi connectivity index (χ2v) is 5.52. The number of hydrogen-bond acceptors (Lipinski definition) is 2. The van der Waals surface area contributed by atoms with Crippen LogP contribution in [0.25, 0.3) is 0 Å². The third-order valence-electron chi connectivity index (χ3n) is 3.86. The summed E-state index contributed by atoms with van der Waals surface area (Å²) in [6.45, 7) is 3.59. The molecule has 5 nitrogen and oxygen atoms in total. The van der Waals surface area contributed by atoms with Crippen molar-refractivity contribution < 1.29 is 4.79 Å². The summed E-state index contributed by atoms with van der Waals surface area (Å²) in [5, 5.41) is 7.22. The number of amides is 2. The van der Waals surface area contributed by atoms with Crippen LogP contribution < -0.4 is 5.32 Å². The van der Waals surface area contributed by atoms with Gasteiger partial charge in [-0.15, -0.1) is 0 Å². The number of nitrogens with one attached hydrogen (secondary N) is 1. The van der Waals surface area contributed by atoms with Gasteiger partial charge in [-0.25, -0.2) is 4.79 Å². The van der Waals surface area contributed by atoms with Crippen LogP contribution in [0.4, 0.5) is 10.5 Å². The first kappa shape index (κ1) is 13.7. The van der Waals surface area contributed by atoms with Crippen LogP contribution in [0.15, 0.2) is 42.7 Å². The van der Waals surface area contributed by atoms with E-state index in [1.54, 1.807) is 6.20 Å². The maximum atomic E-state index is 12.5. The average Bonchev–Trinajstić information content (AvgIpc) is 3.10. The minimum atomic E-state index is -0.0183. The van der Waals surface area contributed by atoms with Crippen molar-refractivity contribution >= 4 is 11.7 Å². The van der Waals surface area contributed by atoms with E-state index in [2.05, 4.69) is 10.4 Å². The van der Waals surface area contributed by atoms with Crippen LogP contribution in [0, 0.1) is 6.92 Å². The number of nitrogens with zero attached hydrogens (tertiary/aromatic N) is 3. The highest BCUT2D eigenvalue weighted by Gasteiger charge is 2.29. The van der Waals surface area contributed by atoms with Gasteiger partial charge in [-0.2, -0.15) is 5.10 Å². The van der Waals surface area contributed by atoms with Gasteiger partial charge in [-0.3, -0.25) is 4.68 Å². The Morgan fingerprint density at radius 2 is 2.33 bits per heavy atom. The monoisotopic (exact) mass is 284 g/mol. The standard InChI is InChI=1S/C16H20N4O/c1-13-5-2-6-14(11-13)18-16(21)20-10-3-7-15(20)12-19-9-4-8-17-19/h2,4-6,8-9,11,15H,3,7,10,12H2,1H3,(H,18,21). The van der Waals surface area contributed by atoms with E-state index in [1.165, 1.54) is 0 Å². The number of aryl methyl sites for hydroxylation is 1. The van der Waals surface area contributed by atoms with Gasteiger partial charge in [0.15, 0.2) is 0 Å². The second-order valence-electron chi connectivity index (χ2n) is 5.52. The van der Waals surface area contributed by atoms with Crippen LogP contribution in [-0.4, -0.2) is 33.3 Å². The van der Waals surface area contributed by atoms with Gasteiger partial charge < -0.3 is 10.2 Å². The van der Waals surface area contributed by atoms with Gasteiger partial charge in [0.05, 0.1) is 12.6 Å². The van der Waals surface area contributed by atoms with Crippen molar-refractivity contribution in [2.45, 2.75) is 32.4 Å². The van der Waals surface area contributed by atoms with Crippen molar-refractivity contribution in [1.82, 2.24) is 14.7 Å². The molecule has 5 heteroatoms. The molecule has 1 aliphatic rings. The summed E-state index contributed by atoms with van der Waals surface area (Å²) in [7, 11) is 0. The van der Waals surface area contributed by atoms with E-state index in [1.807, 2.05) is 53.0 Å². The lowest BCUT2D eigenvalue weighted by Gasteiger charge is -2.25. The molecule has 0 spiro atoms. The summed E-state index contributed by atoms with van der Waals surface area (Å²) in [4.78, 5) is 14.4. The zero-order valence-corrected chi connectivity index (χ0v) is 12.2. The molecule has 1 aliphatic heterocycles. The Kier molecular flexibility index (Phi) is 3.90. The number of likely N-dealkylation sites (tertiary alicyclic amines) is 1. The zero-order chi connectivity index (χ0) is 14.7. The highest BCUT2D eigenvalue weighted by atomic mass is 16.2. The molecule has 1 atom stereocenters. The molecule has 1 unspecified atom stereocenters. The van der Waals surface area contributed by atoms with Crippen molar-refractivity contribution in [2.24, 2.45) is 0 Å². The summed E-state index contributed by atoms with van der Waals surface area (Å²) in [5.41, 5.74) is 1.99. The molecule has 2 heterocycles. The lowest BCUT2D eigenvalue weighted by molar-refractivity contribution is 0.199. The third-order valence-corrected chi connectivity index (χ3v) is 3.86. The fourth-order valence-electron chi connectivity index (χ4n) is 2.84. The maximum Gasteiger partial charge on any atom is 0.322 e. The SMILES string of the molecule is Cc1cccc(NC(=O)N2CCCC2Cn2cccn2)c1. The summed E-state index contributed by atoms with van der Waals surface area (Å²) in [5.74, 6) is 0. The van der Waals surface area contributed by atoms with Crippen molar-refractivity contribution in [3.05, 3.63) is 48.3 Å². The topological polar surface area (TPSA) is 50.2 Å². The Bertz CT molecular complexity index is 608. The zero-order valence-electron chi connectivity index (χ0n) is 12.2. The van der Waals surface area contributed by atoms with Crippen LogP contribution in [0.3, 0.4) is 0 Å². The molecule has 0 aliphatic carbocycles. The molecule has 21 heavy (non-hydrogen) atoms. The molecule has 3 rings (SSSR count). The number of urea groups is 1. The summed E-state index contributed by atoms with van der Waals surface area (Å²) in [6, 6.07) is 9.99. The minimum Gasteiger partial charge on any atom is -0.320 e. The molecule has 1 N–H and O–H groups in total. The Morgan fingerprint density at radius 1 is 1.43 bits per heavy atom. The molecule has 0 radical (unpaired) electrons. The fraction of sp³-hybridized carbons (Fsp3) is 0.375. The van der Waals surface area contributed by atoms with Crippen molar-refractivity contribution in [1.29, 1.82) is 0 Å². The fourth-order valence-corrected chi connectivity index (χ4v) is 2.84. The lowest BCUT2D eigenvalue weighted by atomic mass is 10.2. The van der Waals surface area contributed by atoms with E-state index >= 15 is 0 Å². The van der Waals surface area contributed by atoms with E-state index in [0.717, 1.165) is 37.2 Å². The first-order valence-corrected chi connectivity index (χ1v) is 7.34. The van der Waals surface area contributed by atoms with Crippen molar-refractivity contribution in [3.63, 3.8) is 0 Å². The highest BCUT2D eigenvalue weighted by molar-refractivity contribution is 5.89. The molecule has 0 saturated carbocycles. The van der Waals surface area contributed by atoms with Gasteiger partial charge in [0.25, 0.3) is 0 Å². The molecular formula is C16H20N4O. The smallest absolute Gasteiger partial charge is 0.320 e. The van der Waals surface area contributed by atoms with Gasteiger partial charge >= 0.3 is 6.03 Å². The van der Waals surface area contributed by atoms with Crippen LogP contribution in [0.1, 0.15) is 18.4 Å². The van der Waals surface area contributed by atoms with E-state index in [-0.39, 0.29) is 12.1 Å². The number of carbonyl (C=O) groups is 1. The molecule has 0 bridgehead atoms. The molecule has 1 fully saturated rings. The van der Waals surface area contributed by atoms with Gasteiger partial charge in [0.2, 0.25) is 0 Å². The van der Waals surface area contributed by atoms with Crippen molar-refractivity contribution in [3.8, 4) is 0 Å². The predicted molar refractivity (Wildman–Crippen MR) is 82.2 cm³/mol. The first-order valence-electron chi connectivity index (χ1n) is 7.34. The van der Waals surface area contributed by atoms with E-state index in [0.29, 0.717) is 0 Å². The van der Waals surface area contributed by atoms with E-state index in [4.69, 9.17) is 0 Å². The normalized spacial score (nSPS) is 18.0. The molecule has 110 valence electrons. The minimum absolute atomic E-state index is 0.0183. The number of aromatic nitrogens is 2. The number of carbonyl (C=O) groups excluding carboxylic acids is 1. The molecule has 1 saturated heterocycles. The highest BCUT2D eigenvalue weighted by Crippen LogP contribution is 2.20. The lowest BCUT2D eigenvalue weighted by Crippen LogP contribution is -2.40. The number of hydrogen-bond donors (Lipinski definition) is 1.